The molecule has 0 atom stereocenters. The van der Waals surface area contributed by atoms with Gasteiger partial charge in [-0.05, 0) is 48.7 Å². The van der Waals surface area contributed by atoms with Gasteiger partial charge in [-0.1, -0.05) is 41.4 Å². The highest BCUT2D eigenvalue weighted by Gasteiger charge is 2.26. The lowest BCUT2D eigenvalue weighted by Gasteiger charge is -2.18. The molecule has 3 aromatic rings. The Labute approximate surface area is 203 Å². The topological polar surface area (TPSA) is 79.9 Å². The summed E-state index contributed by atoms with van der Waals surface area (Å²) in [5.41, 5.74) is 5.08. The summed E-state index contributed by atoms with van der Waals surface area (Å²) in [5, 5.41) is 5.94. The highest BCUT2D eigenvalue weighted by molar-refractivity contribution is 6.32. The summed E-state index contributed by atoms with van der Waals surface area (Å²) < 4.78 is 10.5. The number of urea groups is 1. The predicted octanol–water partition coefficient (Wildman–Crippen LogP) is 5.19. The van der Waals surface area contributed by atoms with Crippen LogP contribution in [0.2, 0.25) is 5.02 Å². The first-order valence-electron chi connectivity index (χ1n) is 10.9. The van der Waals surface area contributed by atoms with Gasteiger partial charge in [0.15, 0.2) is 0 Å². The number of nitrogens with one attached hydrogen (secondary N) is 2. The molecule has 0 unspecified atom stereocenters. The second-order valence-corrected chi connectivity index (χ2v) is 8.44. The van der Waals surface area contributed by atoms with Crippen LogP contribution in [0.1, 0.15) is 27.0 Å². The Morgan fingerprint density at radius 3 is 2.44 bits per heavy atom. The summed E-state index contributed by atoms with van der Waals surface area (Å²) >= 11 is 6.18. The van der Waals surface area contributed by atoms with Crippen molar-refractivity contribution in [1.29, 1.82) is 0 Å². The Hall–Kier alpha value is -3.71. The number of nitrogens with zero attached hydrogens (tertiary/aromatic N) is 1. The molecule has 1 aliphatic heterocycles. The van der Waals surface area contributed by atoms with Crippen molar-refractivity contribution in [1.82, 2.24) is 5.32 Å². The number of carbonyl (C=O) groups is 2. The zero-order valence-corrected chi connectivity index (χ0v) is 20.0. The van der Waals surface area contributed by atoms with Crippen molar-refractivity contribution >= 4 is 34.9 Å². The molecule has 0 aliphatic carbocycles. The number of ether oxygens (including phenoxy) is 2. The molecule has 176 valence electrons. The summed E-state index contributed by atoms with van der Waals surface area (Å²) in [6.07, 6.45) is 0.805. The molecule has 1 aliphatic rings. The summed E-state index contributed by atoms with van der Waals surface area (Å²) in [7, 11) is 3.01. The van der Waals surface area contributed by atoms with Gasteiger partial charge in [0.25, 0.3) is 5.91 Å². The van der Waals surface area contributed by atoms with Gasteiger partial charge in [-0.2, -0.15) is 0 Å². The molecule has 3 aromatic carbocycles. The molecule has 0 spiro atoms. The minimum Gasteiger partial charge on any atom is -0.495 e. The third-order valence-corrected chi connectivity index (χ3v) is 6.06. The standard InChI is InChI=1S/C26H26ClN3O4/c1-16-4-7-19(8-5-16)25(31)30-11-10-18-9-6-17(12-22(18)30)15-28-26(32)29-21-13-20(27)23(33-2)14-24(21)34-3/h4-9,12-14H,10-11,15H2,1-3H3,(H2,28,29,32). The summed E-state index contributed by atoms with van der Waals surface area (Å²) in [6.45, 7) is 2.92. The van der Waals surface area contributed by atoms with Gasteiger partial charge in [0.2, 0.25) is 0 Å². The van der Waals surface area contributed by atoms with E-state index in [1.54, 1.807) is 17.0 Å². The molecule has 7 nitrogen and oxygen atoms in total. The lowest BCUT2D eigenvalue weighted by molar-refractivity contribution is 0.0989. The van der Waals surface area contributed by atoms with E-state index in [1.807, 2.05) is 49.4 Å². The fourth-order valence-electron chi connectivity index (χ4n) is 3.90. The first kappa shape index (κ1) is 23.4. The third-order valence-electron chi connectivity index (χ3n) is 5.76. The quantitative estimate of drug-likeness (QED) is 0.510. The maximum absolute atomic E-state index is 13.0. The van der Waals surface area contributed by atoms with E-state index in [9.17, 15) is 9.59 Å². The largest absolute Gasteiger partial charge is 0.495 e. The Bertz CT molecular complexity index is 1230. The normalized spacial score (nSPS) is 12.2. The Kier molecular flexibility index (Phi) is 6.93. The Balaban J connectivity index is 1.43. The molecular weight excluding hydrogens is 454 g/mol. The number of carbonyl (C=O) groups excluding carboxylic acids is 2. The van der Waals surface area contributed by atoms with E-state index in [1.165, 1.54) is 14.2 Å². The lowest BCUT2D eigenvalue weighted by Crippen LogP contribution is -2.29. The summed E-state index contributed by atoms with van der Waals surface area (Å²) in [5.74, 6) is 0.858. The van der Waals surface area contributed by atoms with Crippen LogP contribution < -0.4 is 25.0 Å². The lowest BCUT2D eigenvalue weighted by atomic mass is 10.1. The zero-order valence-electron chi connectivity index (χ0n) is 19.3. The first-order valence-corrected chi connectivity index (χ1v) is 11.2. The molecule has 0 bridgehead atoms. The predicted molar refractivity (Wildman–Crippen MR) is 133 cm³/mol. The van der Waals surface area contributed by atoms with Crippen LogP contribution in [0.5, 0.6) is 11.5 Å². The minimum atomic E-state index is -0.410. The smallest absolute Gasteiger partial charge is 0.319 e. The molecule has 34 heavy (non-hydrogen) atoms. The van der Waals surface area contributed by atoms with E-state index >= 15 is 0 Å². The second-order valence-electron chi connectivity index (χ2n) is 8.03. The Morgan fingerprint density at radius 1 is 1.00 bits per heavy atom. The molecule has 1 heterocycles. The number of methoxy groups -OCH3 is 2. The molecule has 0 fully saturated rings. The molecule has 4 rings (SSSR count). The summed E-state index contributed by atoms with van der Waals surface area (Å²) in [4.78, 5) is 27.4. The molecule has 0 saturated carbocycles. The highest BCUT2D eigenvalue weighted by atomic mass is 35.5. The summed E-state index contributed by atoms with van der Waals surface area (Å²) in [6, 6.07) is 16.3. The van der Waals surface area contributed by atoms with Gasteiger partial charge in [0, 0.05) is 30.4 Å². The molecule has 0 saturated heterocycles. The van der Waals surface area contributed by atoms with E-state index in [0.29, 0.717) is 34.3 Å². The molecular formula is C26H26ClN3O4. The fraction of sp³-hybridized carbons (Fsp3) is 0.231. The highest BCUT2D eigenvalue weighted by Crippen LogP contribution is 2.36. The van der Waals surface area contributed by atoms with E-state index in [0.717, 1.165) is 28.8 Å². The maximum Gasteiger partial charge on any atom is 0.319 e. The SMILES string of the molecule is COc1cc(OC)c(NC(=O)NCc2ccc3c(c2)N(C(=O)c2ccc(C)cc2)CC3)cc1Cl. The van der Waals surface area contributed by atoms with Crippen LogP contribution in [0.4, 0.5) is 16.2 Å². The van der Waals surface area contributed by atoms with Crippen molar-refractivity contribution in [3.8, 4) is 11.5 Å². The zero-order chi connectivity index (χ0) is 24.2. The van der Waals surface area contributed by atoms with E-state index in [-0.39, 0.29) is 12.5 Å². The van der Waals surface area contributed by atoms with Crippen molar-refractivity contribution in [3.05, 3.63) is 81.9 Å². The van der Waals surface area contributed by atoms with Gasteiger partial charge in [-0.3, -0.25) is 4.79 Å². The van der Waals surface area contributed by atoms with E-state index < -0.39 is 6.03 Å². The van der Waals surface area contributed by atoms with Crippen LogP contribution in [0.3, 0.4) is 0 Å². The van der Waals surface area contributed by atoms with Gasteiger partial charge in [0.1, 0.15) is 11.5 Å². The molecule has 2 N–H and O–H groups in total. The van der Waals surface area contributed by atoms with Gasteiger partial charge < -0.3 is 25.0 Å². The molecule has 8 heteroatoms. The van der Waals surface area contributed by atoms with Crippen LogP contribution in [0.25, 0.3) is 0 Å². The average Bonchev–Trinajstić information content (AvgIpc) is 3.26. The number of benzene rings is 3. The van der Waals surface area contributed by atoms with Gasteiger partial charge in [0.05, 0.1) is 24.9 Å². The third kappa shape index (κ3) is 4.94. The van der Waals surface area contributed by atoms with Crippen LogP contribution in [0, 0.1) is 6.92 Å². The first-order chi connectivity index (χ1) is 16.4. The number of anilines is 2. The van der Waals surface area contributed by atoms with Gasteiger partial charge in [-0.25, -0.2) is 4.79 Å². The molecule has 0 radical (unpaired) electrons. The number of amides is 3. The number of hydrogen-bond acceptors (Lipinski definition) is 4. The van der Waals surface area contributed by atoms with Crippen LogP contribution in [-0.2, 0) is 13.0 Å². The Morgan fingerprint density at radius 2 is 1.74 bits per heavy atom. The molecule has 0 aromatic heterocycles. The van der Waals surface area contributed by atoms with Crippen molar-refractivity contribution in [2.45, 2.75) is 19.9 Å². The molecule has 3 amide bonds. The minimum absolute atomic E-state index is 0.0231. The van der Waals surface area contributed by atoms with Crippen molar-refractivity contribution in [2.24, 2.45) is 0 Å². The van der Waals surface area contributed by atoms with Crippen LogP contribution in [0.15, 0.2) is 54.6 Å². The van der Waals surface area contributed by atoms with Crippen molar-refractivity contribution in [2.75, 3.05) is 31.0 Å². The van der Waals surface area contributed by atoms with Crippen molar-refractivity contribution in [3.63, 3.8) is 0 Å². The van der Waals surface area contributed by atoms with Gasteiger partial charge in [-0.15, -0.1) is 0 Å². The second kappa shape index (κ2) is 10.1. The van der Waals surface area contributed by atoms with E-state index in [4.69, 9.17) is 21.1 Å². The van der Waals surface area contributed by atoms with Crippen molar-refractivity contribution < 1.29 is 19.1 Å². The number of halogens is 1. The van der Waals surface area contributed by atoms with Crippen LogP contribution in [-0.4, -0.2) is 32.7 Å². The number of rotatable bonds is 6. The number of hydrogen-bond donors (Lipinski definition) is 2. The van der Waals surface area contributed by atoms with Gasteiger partial charge >= 0.3 is 6.03 Å². The van der Waals surface area contributed by atoms with Crippen LogP contribution >= 0.6 is 11.6 Å². The number of fused-ring (bicyclic) bond motifs is 1. The monoisotopic (exact) mass is 479 g/mol. The van der Waals surface area contributed by atoms with E-state index in [2.05, 4.69) is 10.6 Å². The fourth-order valence-corrected chi connectivity index (χ4v) is 4.15. The number of aryl methyl sites for hydroxylation is 1. The average molecular weight is 480 g/mol. The maximum atomic E-state index is 13.0.